The number of nitrogens with one attached hydrogen (secondary N) is 2. The summed E-state index contributed by atoms with van der Waals surface area (Å²) in [5.74, 6) is 0.448. The van der Waals surface area contributed by atoms with Gasteiger partial charge >= 0.3 is 0 Å². The monoisotopic (exact) mass is 396 g/mol. The Labute approximate surface area is 148 Å². The van der Waals surface area contributed by atoms with E-state index in [0.29, 0.717) is 23.5 Å². The molecule has 2 aromatic rings. The predicted molar refractivity (Wildman–Crippen MR) is 97.0 cm³/mol. The lowest BCUT2D eigenvalue weighted by Crippen LogP contribution is -2.36. The van der Waals surface area contributed by atoms with Crippen LogP contribution in [0.1, 0.15) is 31.2 Å². The maximum Gasteiger partial charge on any atom is 0.172 e. The summed E-state index contributed by atoms with van der Waals surface area (Å²) in [5, 5.41) is 11.5. The van der Waals surface area contributed by atoms with E-state index in [1.165, 1.54) is 37.8 Å². The molecule has 2 N–H and O–H groups in total. The Hall–Kier alpha value is -1.47. The largest absolute Gasteiger partial charge is 0.360 e. The van der Waals surface area contributed by atoms with Crippen LogP contribution < -0.4 is 10.6 Å². The Morgan fingerprint density at radius 2 is 2.00 bits per heavy atom. The summed E-state index contributed by atoms with van der Waals surface area (Å²) in [5.41, 5.74) is 0.986. The van der Waals surface area contributed by atoms with Crippen LogP contribution in [0.4, 0.5) is 10.2 Å². The van der Waals surface area contributed by atoms with Gasteiger partial charge in [0.25, 0.3) is 0 Å². The molecule has 0 atom stereocenters. The number of hydrogen-bond acceptors (Lipinski definition) is 2. The van der Waals surface area contributed by atoms with Crippen molar-refractivity contribution in [3.8, 4) is 0 Å². The molecule has 0 amide bonds. The van der Waals surface area contributed by atoms with Crippen molar-refractivity contribution in [1.82, 2.24) is 15.1 Å². The number of thiocarbonyl (C=S) groups is 1. The molecule has 7 heteroatoms. The van der Waals surface area contributed by atoms with E-state index in [2.05, 4.69) is 31.7 Å². The topological polar surface area (TPSA) is 41.9 Å². The van der Waals surface area contributed by atoms with Gasteiger partial charge in [-0.1, -0.05) is 25.0 Å². The molecule has 4 nitrogen and oxygen atoms in total. The van der Waals surface area contributed by atoms with Crippen LogP contribution in [0.5, 0.6) is 0 Å². The SMILES string of the molecule is Fc1ccc(Cn2cc(Br)c(NC(=S)NC3CCCC3)n2)cc1. The highest BCUT2D eigenvalue weighted by Crippen LogP contribution is 2.22. The van der Waals surface area contributed by atoms with Crippen molar-refractivity contribution >= 4 is 39.1 Å². The van der Waals surface area contributed by atoms with Gasteiger partial charge in [0.15, 0.2) is 10.9 Å². The summed E-state index contributed by atoms with van der Waals surface area (Å²) < 4.78 is 15.6. The third-order valence-corrected chi connectivity index (χ3v) is 4.70. The average molecular weight is 397 g/mol. The highest BCUT2D eigenvalue weighted by molar-refractivity contribution is 9.10. The molecule has 0 saturated heterocycles. The molecule has 0 spiro atoms. The average Bonchev–Trinajstić information content (AvgIpc) is 3.12. The maximum absolute atomic E-state index is 12.9. The molecule has 1 aliphatic carbocycles. The van der Waals surface area contributed by atoms with Gasteiger partial charge in [-0.2, -0.15) is 5.10 Å². The second kappa shape index (κ2) is 7.40. The van der Waals surface area contributed by atoms with E-state index in [-0.39, 0.29) is 5.82 Å². The lowest BCUT2D eigenvalue weighted by Gasteiger charge is -2.14. The van der Waals surface area contributed by atoms with E-state index in [0.717, 1.165) is 10.0 Å². The van der Waals surface area contributed by atoms with Crippen molar-refractivity contribution in [2.45, 2.75) is 38.3 Å². The zero-order chi connectivity index (χ0) is 16.2. The Bertz CT molecular complexity index is 680. The first kappa shape index (κ1) is 16.4. The summed E-state index contributed by atoms with van der Waals surface area (Å²) in [6, 6.07) is 6.88. The number of anilines is 1. The minimum absolute atomic E-state index is 0.235. The third-order valence-electron chi connectivity index (χ3n) is 3.90. The van der Waals surface area contributed by atoms with Gasteiger partial charge < -0.3 is 10.6 Å². The van der Waals surface area contributed by atoms with Crippen molar-refractivity contribution in [3.05, 3.63) is 46.3 Å². The van der Waals surface area contributed by atoms with Crippen LogP contribution in [-0.4, -0.2) is 20.9 Å². The molecule has 1 aliphatic rings. The Morgan fingerprint density at radius 3 is 2.70 bits per heavy atom. The van der Waals surface area contributed by atoms with Crippen molar-refractivity contribution in [3.63, 3.8) is 0 Å². The van der Waals surface area contributed by atoms with E-state index in [1.54, 1.807) is 16.8 Å². The summed E-state index contributed by atoms with van der Waals surface area (Å²) >= 11 is 8.84. The number of rotatable bonds is 4. The number of halogens is 2. The standard InChI is InChI=1S/C16H18BrFN4S/c17-14-10-22(9-11-5-7-12(18)8-6-11)21-15(14)20-16(23)19-13-3-1-2-4-13/h5-8,10,13H,1-4,9H2,(H2,19,20,21,23). The fraction of sp³-hybridized carbons (Fsp3) is 0.375. The first-order valence-electron chi connectivity index (χ1n) is 7.65. The summed E-state index contributed by atoms with van der Waals surface area (Å²) in [4.78, 5) is 0. The first-order valence-corrected chi connectivity index (χ1v) is 8.85. The molecular formula is C16H18BrFN4S. The smallest absolute Gasteiger partial charge is 0.172 e. The van der Waals surface area contributed by atoms with Gasteiger partial charge in [-0.25, -0.2) is 4.39 Å². The molecule has 1 aromatic carbocycles. The van der Waals surface area contributed by atoms with E-state index >= 15 is 0 Å². The summed E-state index contributed by atoms with van der Waals surface area (Å²) in [6.07, 6.45) is 6.74. The maximum atomic E-state index is 12.9. The van der Waals surface area contributed by atoms with E-state index in [4.69, 9.17) is 12.2 Å². The molecule has 0 radical (unpaired) electrons. The lowest BCUT2D eigenvalue weighted by atomic mass is 10.2. The molecule has 122 valence electrons. The van der Waals surface area contributed by atoms with Crippen LogP contribution in [0.3, 0.4) is 0 Å². The van der Waals surface area contributed by atoms with E-state index in [1.807, 2.05) is 6.20 Å². The molecule has 1 aromatic heterocycles. The predicted octanol–water partition coefficient (Wildman–Crippen LogP) is 4.06. The number of aromatic nitrogens is 2. The molecule has 23 heavy (non-hydrogen) atoms. The van der Waals surface area contributed by atoms with Crippen LogP contribution in [0.2, 0.25) is 0 Å². The van der Waals surface area contributed by atoms with Crippen LogP contribution in [-0.2, 0) is 6.54 Å². The molecule has 3 rings (SSSR count). The molecule has 1 heterocycles. The Kier molecular flexibility index (Phi) is 5.27. The minimum atomic E-state index is -0.235. The molecule has 1 saturated carbocycles. The fourth-order valence-electron chi connectivity index (χ4n) is 2.74. The first-order chi connectivity index (χ1) is 11.1. The second-order valence-corrected chi connectivity index (χ2v) is 6.99. The zero-order valence-corrected chi connectivity index (χ0v) is 15.0. The quantitative estimate of drug-likeness (QED) is 0.764. The van der Waals surface area contributed by atoms with Gasteiger partial charge in [-0.15, -0.1) is 0 Å². The van der Waals surface area contributed by atoms with Gasteiger partial charge in [0.05, 0.1) is 11.0 Å². The number of nitrogens with zero attached hydrogens (tertiary/aromatic N) is 2. The Morgan fingerprint density at radius 1 is 1.30 bits per heavy atom. The third kappa shape index (κ3) is 4.51. The molecule has 0 bridgehead atoms. The highest BCUT2D eigenvalue weighted by atomic mass is 79.9. The molecule has 0 aliphatic heterocycles. The lowest BCUT2D eigenvalue weighted by molar-refractivity contribution is 0.624. The Balaban J connectivity index is 1.61. The van der Waals surface area contributed by atoms with Crippen molar-refractivity contribution in [2.75, 3.05) is 5.32 Å². The summed E-state index contributed by atoms with van der Waals surface area (Å²) in [6.45, 7) is 0.573. The molecule has 0 unspecified atom stereocenters. The minimum Gasteiger partial charge on any atom is -0.360 e. The van der Waals surface area contributed by atoms with Crippen LogP contribution in [0, 0.1) is 5.82 Å². The summed E-state index contributed by atoms with van der Waals surface area (Å²) in [7, 11) is 0. The van der Waals surface area contributed by atoms with Crippen molar-refractivity contribution < 1.29 is 4.39 Å². The van der Waals surface area contributed by atoms with Crippen LogP contribution in [0.15, 0.2) is 34.9 Å². The van der Waals surface area contributed by atoms with Gasteiger partial charge in [-0.3, -0.25) is 4.68 Å². The van der Waals surface area contributed by atoms with Gasteiger partial charge in [0.2, 0.25) is 0 Å². The van der Waals surface area contributed by atoms with Crippen molar-refractivity contribution in [1.29, 1.82) is 0 Å². The zero-order valence-electron chi connectivity index (χ0n) is 12.6. The normalized spacial score (nSPS) is 14.9. The fourth-order valence-corrected chi connectivity index (χ4v) is 3.42. The molecular weight excluding hydrogens is 379 g/mol. The van der Waals surface area contributed by atoms with Crippen molar-refractivity contribution in [2.24, 2.45) is 0 Å². The van der Waals surface area contributed by atoms with E-state index < -0.39 is 0 Å². The van der Waals surface area contributed by atoms with Crippen LogP contribution in [0.25, 0.3) is 0 Å². The van der Waals surface area contributed by atoms with Gasteiger partial charge in [0, 0.05) is 12.2 Å². The highest BCUT2D eigenvalue weighted by Gasteiger charge is 2.16. The number of hydrogen-bond donors (Lipinski definition) is 2. The van der Waals surface area contributed by atoms with Crippen LogP contribution >= 0.6 is 28.1 Å². The van der Waals surface area contributed by atoms with Gasteiger partial charge in [-0.05, 0) is 58.7 Å². The molecule has 1 fully saturated rings. The second-order valence-electron chi connectivity index (χ2n) is 5.73. The van der Waals surface area contributed by atoms with E-state index in [9.17, 15) is 4.39 Å². The number of benzene rings is 1. The van der Waals surface area contributed by atoms with Gasteiger partial charge in [0.1, 0.15) is 5.82 Å².